The number of amides is 2. The molecule has 3 nitrogen and oxygen atoms in total. The third-order valence-electron chi connectivity index (χ3n) is 2.73. The molecule has 0 fully saturated rings. The molecule has 19 heavy (non-hydrogen) atoms. The summed E-state index contributed by atoms with van der Waals surface area (Å²) in [5.74, 6) is 0.799. The van der Waals surface area contributed by atoms with Crippen molar-refractivity contribution in [2.75, 3.05) is 12.3 Å². The van der Waals surface area contributed by atoms with E-state index in [-0.39, 0.29) is 17.7 Å². The molecular weight excluding hydrogens is 278 g/mol. The van der Waals surface area contributed by atoms with Gasteiger partial charge in [0.05, 0.1) is 10.5 Å². The number of imide groups is 1. The van der Waals surface area contributed by atoms with Gasteiger partial charge in [-0.2, -0.15) is 0 Å². The zero-order chi connectivity index (χ0) is 14.0. The summed E-state index contributed by atoms with van der Waals surface area (Å²) in [5.41, 5.74) is 0.590. The summed E-state index contributed by atoms with van der Waals surface area (Å²) in [6, 6.07) is 3.81. The zero-order valence-corrected chi connectivity index (χ0v) is 12.9. The number of thiophene rings is 1. The molecule has 1 aliphatic heterocycles. The molecule has 0 spiro atoms. The second-order valence-electron chi connectivity index (χ2n) is 4.73. The zero-order valence-electron chi connectivity index (χ0n) is 11.3. The van der Waals surface area contributed by atoms with E-state index in [0.29, 0.717) is 17.0 Å². The predicted molar refractivity (Wildman–Crippen MR) is 80.9 cm³/mol. The molecule has 2 amide bonds. The largest absolute Gasteiger partial charge is 0.274 e. The molecule has 1 aliphatic rings. The highest BCUT2D eigenvalue weighted by molar-refractivity contribution is 8.04. The van der Waals surface area contributed by atoms with Crippen molar-refractivity contribution in [2.24, 2.45) is 5.92 Å². The monoisotopic (exact) mass is 295 g/mol. The van der Waals surface area contributed by atoms with Gasteiger partial charge < -0.3 is 0 Å². The molecule has 0 N–H and O–H groups in total. The first-order valence-corrected chi connectivity index (χ1v) is 8.19. The first-order valence-electron chi connectivity index (χ1n) is 6.33. The Labute approximate surface area is 121 Å². The Balaban J connectivity index is 2.40. The van der Waals surface area contributed by atoms with Gasteiger partial charge in [0.2, 0.25) is 0 Å². The molecule has 0 aromatic carbocycles. The van der Waals surface area contributed by atoms with Crippen LogP contribution in [0.15, 0.2) is 22.4 Å². The third kappa shape index (κ3) is 2.77. The normalized spacial score (nSPS) is 16.1. The van der Waals surface area contributed by atoms with Crippen LogP contribution in [0.4, 0.5) is 0 Å². The number of thioether (sulfide) groups is 1. The third-order valence-corrected chi connectivity index (χ3v) is 4.57. The molecule has 5 heteroatoms. The molecule has 0 aliphatic carbocycles. The van der Waals surface area contributed by atoms with Crippen molar-refractivity contribution < 1.29 is 9.59 Å². The van der Waals surface area contributed by atoms with Gasteiger partial charge in [-0.1, -0.05) is 26.8 Å². The second-order valence-corrected chi connectivity index (χ2v) is 6.95. The van der Waals surface area contributed by atoms with Crippen LogP contribution in [0.1, 0.15) is 25.6 Å². The fourth-order valence-electron chi connectivity index (χ4n) is 2.00. The Kier molecular flexibility index (Phi) is 4.47. The molecule has 1 aromatic rings. The highest BCUT2D eigenvalue weighted by atomic mass is 32.2. The fraction of sp³-hybridized carbons (Fsp3) is 0.429. The molecule has 102 valence electrons. The van der Waals surface area contributed by atoms with Gasteiger partial charge in [-0.3, -0.25) is 14.5 Å². The minimum Gasteiger partial charge on any atom is -0.274 e. The topological polar surface area (TPSA) is 37.4 Å². The average Bonchev–Trinajstić information content (AvgIpc) is 2.93. The van der Waals surface area contributed by atoms with Crippen molar-refractivity contribution in [3.8, 4) is 0 Å². The van der Waals surface area contributed by atoms with Crippen LogP contribution < -0.4 is 0 Å². The number of nitrogens with zero attached hydrogens (tertiary/aromatic N) is 1. The summed E-state index contributed by atoms with van der Waals surface area (Å²) in [4.78, 5) is 27.7. The molecule has 0 unspecified atom stereocenters. The maximum atomic E-state index is 12.5. The van der Waals surface area contributed by atoms with Crippen LogP contribution in [0.3, 0.4) is 0 Å². The standard InChI is InChI=1S/C14H17NO2S2/c1-4-18-12-11(10-6-5-7-19-10)13(16)15(14(12)17)8-9(2)3/h5-7,9H,4,8H2,1-3H3. The Hall–Kier alpha value is -1.07. The molecule has 1 aromatic heterocycles. The molecule has 0 atom stereocenters. The number of carbonyl (C=O) groups excluding carboxylic acids is 2. The van der Waals surface area contributed by atoms with Crippen molar-refractivity contribution in [1.82, 2.24) is 4.90 Å². The quantitative estimate of drug-likeness (QED) is 0.783. The maximum absolute atomic E-state index is 12.5. The van der Waals surface area contributed by atoms with E-state index in [4.69, 9.17) is 0 Å². The maximum Gasteiger partial charge on any atom is 0.268 e. The minimum atomic E-state index is -0.142. The minimum absolute atomic E-state index is 0.131. The summed E-state index contributed by atoms with van der Waals surface area (Å²) < 4.78 is 0. The average molecular weight is 295 g/mol. The lowest BCUT2D eigenvalue weighted by atomic mass is 10.2. The Morgan fingerprint density at radius 3 is 2.58 bits per heavy atom. The first kappa shape index (κ1) is 14.3. The van der Waals surface area contributed by atoms with Crippen LogP contribution in [0.5, 0.6) is 0 Å². The van der Waals surface area contributed by atoms with E-state index >= 15 is 0 Å². The summed E-state index contributed by atoms with van der Waals surface area (Å²) in [7, 11) is 0. The van der Waals surface area contributed by atoms with Crippen LogP contribution in [-0.2, 0) is 9.59 Å². The highest BCUT2D eigenvalue weighted by Gasteiger charge is 2.39. The number of hydrogen-bond acceptors (Lipinski definition) is 4. The van der Waals surface area contributed by atoms with Crippen LogP contribution in [0.2, 0.25) is 0 Å². The highest BCUT2D eigenvalue weighted by Crippen LogP contribution is 2.37. The van der Waals surface area contributed by atoms with E-state index in [9.17, 15) is 9.59 Å². The van der Waals surface area contributed by atoms with Gasteiger partial charge in [0.25, 0.3) is 11.8 Å². The number of carbonyl (C=O) groups is 2. The predicted octanol–water partition coefficient (Wildman–Crippen LogP) is 3.24. The van der Waals surface area contributed by atoms with Crippen molar-refractivity contribution in [3.05, 3.63) is 27.3 Å². The van der Waals surface area contributed by atoms with E-state index in [0.717, 1.165) is 10.6 Å². The number of rotatable bonds is 5. The van der Waals surface area contributed by atoms with Gasteiger partial charge in [0, 0.05) is 11.4 Å². The van der Waals surface area contributed by atoms with Gasteiger partial charge in [-0.05, 0) is 23.1 Å². The van der Waals surface area contributed by atoms with Crippen LogP contribution >= 0.6 is 23.1 Å². The van der Waals surface area contributed by atoms with Gasteiger partial charge in [0.1, 0.15) is 0 Å². The number of hydrogen-bond donors (Lipinski definition) is 0. The first-order chi connectivity index (χ1) is 9.06. The molecule has 2 heterocycles. The summed E-state index contributed by atoms with van der Waals surface area (Å²) >= 11 is 2.97. The lowest BCUT2D eigenvalue weighted by Crippen LogP contribution is -2.34. The van der Waals surface area contributed by atoms with E-state index in [1.54, 1.807) is 0 Å². The summed E-state index contributed by atoms with van der Waals surface area (Å²) in [6.45, 7) is 6.50. The Bertz CT molecular complexity index is 518. The van der Waals surface area contributed by atoms with Gasteiger partial charge in [-0.15, -0.1) is 23.1 Å². The smallest absolute Gasteiger partial charge is 0.268 e. The SMILES string of the molecule is CCSC1=C(c2cccs2)C(=O)N(CC(C)C)C1=O. The van der Waals surface area contributed by atoms with Gasteiger partial charge in [0.15, 0.2) is 0 Å². The van der Waals surface area contributed by atoms with Crippen molar-refractivity contribution >= 4 is 40.5 Å². The van der Waals surface area contributed by atoms with Gasteiger partial charge in [-0.25, -0.2) is 0 Å². The van der Waals surface area contributed by atoms with Crippen LogP contribution in [0.25, 0.3) is 5.57 Å². The molecule has 0 bridgehead atoms. The second kappa shape index (κ2) is 5.92. The van der Waals surface area contributed by atoms with Crippen LogP contribution in [0, 0.1) is 5.92 Å². The summed E-state index contributed by atoms with van der Waals surface area (Å²) in [5, 5.41) is 1.93. The van der Waals surface area contributed by atoms with E-state index in [1.165, 1.54) is 28.0 Å². The molecule has 2 rings (SSSR count). The van der Waals surface area contributed by atoms with E-state index < -0.39 is 0 Å². The Morgan fingerprint density at radius 2 is 2.05 bits per heavy atom. The van der Waals surface area contributed by atoms with Crippen LogP contribution in [-0.4, -0.2) is 29.0 Å². The van der Waals surface area contributed by atoms with Crippen molar-refractivity contribution in [1.29, 1.82) is 0 Å². The lowest BCUT2D eigenvalue weighted by molar-refractivity contribution is -0.137. The van der Waals surface area contributed by atoms with E-state index in [1.807, 2.05) is 38.3 Å². The van der Waals surface area contributed by atoms with Crippen molar-refractivity contribution in [3.63, 3.8) is 0 Å². The molecule has 0 saturated carbocycles. The molecule has 0 saturated heterocycles. The fourth-order valence-corrected chi connectivity index (χ4v) is 3.70. The molecule has 0 radical (unpaired) electrons. The van der Waals surface area contributed by atoms with Crippen molar-refractivity contribution in [2.45, 2.75) is 20.8 Å². The Morgan fingerprint density at radius 1 is 1.32 bits per heavy atom. The lowest BCUT2D eigenvalue weighted by Gasteiger charge is -2.17. The summed E-state index contributed by atoms with van der Waals surface area (Å²) in [6.07, 6.45) is 0. The molecular formula is C14H17NO2S2. The van der Waals surface area contributed by atoms with Gasteiger partial charge >= 0.3 is 0 Å². The van der Waals surface area contributed by atoms with E-state index in [2.05, 4.69) is 0 Å².